The van der Waals surface area contributed by atoms with Crippen molar-refractivity contribution in [1.29, 1.82) is 0 Å². The van der Waals surface area contributed by atoms with E-state index in [-0.39, 0.29) is 10.8 Å². The summed E-state index contributed by atoms with van der Waals surface area (Å²) in [5, 5.41) is 0.324. The lowest BCUT2D eigenvalue weighted by atomic mass is 10.2. The van der Waals surface area contributed by atoms with E-state index in [0.29, 0.717) is 35.1 Å². The average Bonchev–Trinajstić information content (AvgIpc) is 3.00. The van der Waals surface area contributed by atoms with Crippen molar-refractivity contribution in [2.45, 2.75) is 17.7 Å². The standard InChI is InChI=1S/C17H17ClN2O4S/c1-24-13-5-7-14(8-6-13)25(22,23)19-12-4-9-16(15(18)11-12)20-10-2-3-17(20)21/h4-9,11,19H,2-3,10H2,1H3. The number of benzene rings is 2. The maximum Gasteiger partial charge on any atom is 0.261 e. The highest BCUT2D eigenvalue weighted by Crippen LogP contribution is 2.32. The summed E-state index contributed by atoms with van der Waals surface area (Å²) in [6, 6.07) is 10.8. The molecule has 0 aromatic heterocycles. The summed E-state index contributed by atoms with van der Waals surface area (Å²) >= 11 is 6.24. The third kappa shape index (κ3) is 3.72. The fourth-order valence-electron chi connectivity index (χ4n) is 2.66. The summed E-state index contributed by atoms with van der Waals surface area (Å²) < 4.78 is 32.4. The molecular weight excluding hydrogens is 364 g/mol. The zero-order valence-electron chi connectivity index (χ0n) is 13.5. The van der Waals surface area contributed by atoms with Gasteiger partial charge in [-0.15, -0.1) is 0 Å². The SMILES string of the molecule is COc1ccc(S(=O)(=O)Nc2ccc(N3CCCC3=O)c(Cl)c2)cc1. The number of halogens is 1. The number of carbonyl (C=O) groups excluding carboxylic acids is 1. The Morgan fingerprint density at radius 1 is 1.16 bits per heavy atom. The van der Waals surface area contributed by atoms with Gasteiger partial charge in [0.1, 0.15) is 5.75 Å². The van der Waals surface area contributed by atoms with Crippen LogP contribution in [0.2, 0.25) is 5.02 Å². The summed E-state index contributed by atoms with van der Waals surface area (Å²) in [7, 11) is -2.23. The van der Waals surface area contributed by atoms with Crippen molar-refractivity contribution in [2.75, 3.05) is 23.3 Å². The molecule has 1 N–H and O–H groups in total. The maximum absolute atomic E-state index is 12.4. The second-order valence-electron chi connectivity index (χ2n) is 5.60. The van der Waals surface area contributed by atoms with E-state index in [0.717, 1.165) is 6.42 Å². The van der Waals surface area contributed by atoms with E-state index < -0.39 is 10.0 Å². The first-order valence-electron chi connectivity index (χ1n) is 7.67. The van der Waals surface area contributed by atoms with Crippen LogP contribution in [0.3, 0.4) is 0 Å². The van der Waals surface area contributed by atoms with Crippen LogP contribution in [0.4, 0.5) is 11.4 Å². The average molecular weight is 381 g/mol. The van der Waals surface area contributed by atoms with Gasteiger partial charge in [0.25, 0.3) is 10.0 Å². The fourth-order valence-corrected chi connectivity index (χ4v) is 3.99. The monoisotopic (exact) mass is 380 g/mol. The molecule has 0 atom stereocenters. The van der Waals surface area contributed by atoms with Gasteiger partial charge in [0.15, 0.2) is 0 Å². The predicted molar refractivity (Wildman–Crippen MR) is 96.8 cm³/mol. The summed E-state index contributed by atoms with van der Waals surface area (Å²) in [6.07, 6.45) is 1.29. The summed E-state index contributed by atoms with van der Waals surface area (Å²) in [5.74, 6) is 0.593. The first kappa shape index (κ1) is 17.6. The van der Waals surface area contributed by atoms with Gasteiger partial charge in [-0.3, -0.25) is 9.52 Å². The molecule has 1 fully saturated rings. The molecule has 6 nitrogen and oxygen atoms in total. The molecule has 1 aliphatic rings. The Morgan fingerprint density at radius 3 is 2.44 bits per heavy atom. The molecule has 1 amide bonds. The first-order chi connectivity index (χ1) is 11.9. The van der Waals surface area contributed by atoms with Crippen molar-refractivity contribution in [2.24, 2.45) is 0 Å². The number of hydrogen-bond acceptors (Lipinski definition) is 4. The number of methoxy groups -OCH3 is 1. The summed E-state index contributed by atoms with van der Waals surface area (Å²) in [5.41, 5.74) is 0.924. The van der Waals surface area contributed by atoms with Crippen LogP contribution in [0, 0.1) is 0 Å². The lowest BCUT2D eigenvalue weighted by Gasteiger charge is -2.18. The van der Waals surface area contributed by atoms with Crippen molar-refractivity contribution < 1.29 is 17.9 Å². The lowest BCUT2D eigenvalue weighted by molar-refractivity contribution is -0.117. The van der Waals surface area contributed by atoms with Crippen LogP contribution < -0.4 is 14.4 Å². The number of carbonyl (C=O) groups is 1. The van der Waals surface area contributed by atoms with Gasteiger partial charge >= 0.3 is 0 Å². The highest BCUT2D eigenvalue weighted by Gasteiger charge is 2.24. The minimum atomic E-state index is -3.74. The second-order valence-corrected chi connectivity index (χ2v) is 7.69. The fraction of sp³-hybridized carbons (Fsp3) is 0.235. The first-order valence-corrected chi connectivity index (χ1v) is 9.53. The van der Waals surface area contributed by atoms with Gasteiger partial charge < -0.3 is 9.64 Å². The smallest absolute Gasteiger partial charge is 0.261 e. The van der Waals surface area contributed by atoms with Gasteiger partial charge in [0.2, 0.25) is 5.91 Å². The van der Waals surface area contributed by atoms with E-state index >= 15 is 0 Å². The Kier molecular flexibility index (Phi) is 4.87. The van der Waals surface area contributed by atoms with Crippen molar-refractivity contribution in [1.82, 2.24) is 0 Å². The molecule has 132 valence electrons. The van der Waals surface area contributed by atoms with Crippen molar-refractivity contribution >= 4 is 38.9 Å². The molecular formula is C17H17ClN2O4S. The van der Waals surface area contributed by atoms with Crippen LogP contribution in [0.15, 0.2) is 47.4 Å². The van der Waals surface area contributed by atoms with Crippen LogP contribution in [0.5, 0.6) is 5.75 Å². The molecule has 1 heterocycles. The van der Waals surface area contributed by atoms with Crippen LogP contribution >= 0.6 is 11.6 Å². The highest BCUT2D eigenvalue weighted by molar-refractivity contribution is 7.92. The van der Waals surface area contributed by atoms with Gasteiger partial charge in [0, 0.05) is 13.0 Å². The minimum absolute atomic E-state index is 0.0217. The molecule has 2 aromatic carbocycles. The lowest BCUT2D eigenvalue weighted by Crippen LogP contribution is -2.24. The Morgan fingerprint density at radius 2 is 1.88 bits per heavy atom. The molecule has 2 aromatic rings. The Hall–Kier alpha value is -2.25. The molecule has 8 heteroatoms. The molecule has 0 saturated carbocycles. The van der Waals surface area contributed by atoms with Gasteiger partial charge in [-0.1, -0.05) is 11.6 Å². The molecule has 0 unspecified atom stereocenters. The van der Waals surface area contributed by atoms with E-state index in [4.69, 9.17) is 16.3 Å². The molecule has 1 saturated heterocycles. The van der Waals surface area contributed by atoms with E-state index in [1.54, 1.807) is 29.2 Å². The van der Waals surface area contributed by atoms with Crippen LogP contribution in [0.25, 0.3) is 0 Å². The van der Waals surface area contributed by atoms with Crippen LogP contribution in [-0.2, 0) is 14.8 Å². The zero-order chi connectivity index (χ0) is 18.0. The largest absolute Gasteiger partial charge is 0.497 e. The van der Waals surface area contributed by atoms with Gasteiger partial charge in [-0.05, 0) is 48.9 Å². The number of sulfonamides is 1. The number of rotatable bonds is 5. The summed E-state index contributed by atoms with van der Waals surface area (Å²) in [6.45, 7) is 0.621. The molecule has 0 bridgehead atoms. The van der Waals surface area contributed by atoms with Crippen LogP contribution in [-0.4, -0.2) is 28.0 Å². The van der Waals surface area contributed by atoms with Crippen molar-refractivity contribution in [3.63, 3.8) is 0 Å². The third-order valence-corrected chi connectivity index (χ3v) is 5.63. The van der Waals surface area contributed by atoms with Crippen molar-refractivity contribution in [3.05, 3.63) is 47.5 Å². The Bertz CT molecular complexity index is 897. The van der Waals surface area contributed by atoms with Crippen molar-refractivity contribution in [3.8, 4) is 5.75 Å². The molecule has 1 aliphatic heterocycles. The Labute approximate surface area is 151 Å². The van der Waals surface area contributed by atoms with E-state index in [2.05, 4.69) is 4.72 Å². The topological polar surface area (TPSA) is 75.7 Å². The quantitative estimate of drug-likeness (QED) is 0.863. The predicted octanol–water partition coefficient (Wildman–Crippen LogP) is 3.28. The molecule has 3 rings (SSSR count). The van der Waals surface area contributed by atoms with Gasteiger partial charge in [-0.25, -0.2) is 8.42 Å². The number of nitrogens with one attached hydrogen (secondary N) is 1. The normalized spacial score (nSPS) is 14.6. The number of amides is 1. The Balaban J connectivity index is 1.82. The number of hydrogen-bond donors (Lipinski definition) is 1. The van der Waals surface area contributed by atoms with Gasteiger partial charge in [-0.2, -0.15) is 0 Å². The third-order valence-electron chi connectivity index (χ3n) is 3.93. The van der Waals surface area contributed by atoms with E-state index in [9.17, 15) is 13.2 Å². The summed E-state index contributed by atoms with van der Waals surface area (Å²) in [4.78, 5) is 13.6. The highest BCUT2D eigenvalue weighted by atomic mass is 35.5. The molecule has 0 radical (unpaired) electrons. The van der Waals surface area contributed by atoms with Crippen LogP contribution in [0.1, 0.15) is 12.8 Å². The maximum atomic E-state index is 12.4. The zero-order valence-corrected chi connectivity index (χ0v) is 15.1. The number of nitrogens with zero attached hydrogens (tertiary/aromatic N) is 1. The van der Waals surface area contributed by atoms with E-state index in [1.165, 1.54) is 25.3 Å². The molecule has 0 aliphatic carbocycles. The molecule has 25 heavy (non-hydrogen) atoms. The molecule has 0 spiro atoms. The minimum Gasteiger partial charge on any atom is -0.497 e. The number of ether oxygens (including phenoxy) is 1. The van der Waals surface area contributed by atoms with Gasteiger partial charge in [0.05, 0.1) is 28.4 Å². The second kappa shape index (κ2) is 6.93. The van der Waals surface area contributed by atoms with E-state index in [1.807, 2.05) is 0 Å². The number of anilines is 2.